The number of rotatable bonds is 2. The number of anilines is 1. The summed E-state index contributed by atoms with van der Waals surface area (Å²) in [6.07, 6.45) is 4.81. The van der Waals surface area contributed by atoms with Crippen molar-refractivity contribution in [2.75, 3.05) is 25.0 Å². The Morgan fingerprint density at radius 2 is 1.93 bits per heavy atom. The highest BCUT2D eigenvalue weighted by Gasteiger charge is 2.22. The van der Waals surface area contributed by atoms with E-state index in [1.54, 1.807) is 23.0 Å². The maximum atomic E-state index is 13.6. The van der Waals surface area contributed by atoms with E-state index in [9.17, 15) is 9.59 Å². The van der Waals surface area contributed by atoms with Gasteiger partial charge in [-0.2, -0.15) is 5.10 Å². The van der Waals surface area contributed by atoms with Crippen LogP contribution in [0, 0.1) is 12.8 Å². The lowest BCUT2D eigenvalue weighted by molar-refractivity contribution is -0.121. The summed E-state index contributed by atoms with van der Waals surface area (Å²) in [5.74, 6) is 1.62. The Morgan fingerprint density at radius 3 is 2.75 bits per heavy atom. The number of amides is 1. The maximum Gasteiger partial charge on any atom is 0.258 e. The first-order valence-electron chi connectivity index (χ1n) is 14.0. The number of ketones is 1. The van der Waals surface area contributed by atoms with Gasteiger partial charge in [0.25, 0.3) is 5.91 Å². The SMILES string of the molecule is Cc1cc2cc(n1)-c1cnn(C)c1OCCC[C@@H](C)Cn1c(nc3ccc(CN4CCC(=O)CC4)cc31)NC2=O. The van der Waals surface area contributed by atoms with Gasteiger partial charge >= 0.3 is 0 Å². The summed E-state index contributed by atoms with van der Waals surface area (Å²) in [5.41, 5.74) is 5.66. The van der Waals surface area contributed by atoms with Crippen LogP contribution in [-0.2, 0) is 24.9 Å². The van der Waals surface area contributed by atoms with Gasteiger partial charge in [0.2, 0.25) is 11.8 Å². The molecule has 0 unspecified atom stereocenters. The molecule has 1 atom stereocenters. The topological polar surface area (TPSA) is 107 Å². The lowest BCUT2D eigenvalue weighted by Gasteiger charge is -2.25. The van der Waals surface area contributed by atoms with Gasteiger partial charge in [-0.3, -0.25) is 24.8 Å². The van der Waals surface area contributed by atoms with E-state index >= 15 is 0 Å². The van der Waals surface area contributed by atoms with E-state index in [-0.39, 0.29) is 5.91 Å². The van der Waals surface area contributed by atoms with Crippen molar-refractivity contribution >= 4 is 28.7 Å². The van der Waals surface area contributed by atoms with Crippen molar-refractivity contribution in [1.29, 1.82) is 0 Å². The molecule has 3 aromatic heterocycles. The molecule has 2 bridgehead atoms. The molecule has 4 aromatic rings. The Kier molecular flexibility index (Phi) is 7.10. The number of Topliss-reactive ketones (excluding diaryl/α,β-unsaturated/α-hetero) is 1. The predicted octanol–water partition coefficient (Wildman–Crippen LogP) is 4.37. The average molecular weight is 542 g/mol. The largest absolute Gasteiger partial charge is 0.477 e. The Labute approximate surface area is 233 Å². The quantitative estimate of drug-likeness (QED) is 0.402. The smallest absolute Gasteiger partial charge is 0.258 e. The molecule has 1 amide bonds. The summed E-state index contributed by atoms with van der Waals surface area (Å²) in [5, 5.41) is 7.48. The molecule has 1 saturated heterocycles. The van der Waals surface area contributed by atoms with Gasteiger partial charge in [0.1, 0.15) is 5.78 Å². The van der Waals surface area contributed by atoms with Crippen molar-refractivity contribution < 1.29 is 14.3 Å². The molecule has 6 rings (SSSR count). The number of fused-ring (bicyclic) bond motifs is 7. The maximum absolute atomic E-state index is 13.6. The zero-order valence-electron chi connectivity index (χ0n) is 23.3. The minimum atomic E-state index is -0.240. The first kappa shape index (κ1) is 26.2. The third kappa shape index (κ3) is 5.36. The van der Waals surface area contributed by atoms with Crippen LogP contribution < -0.4 is 10.1 Å². The molecular weight excluding hydrogens is 506 g/mol. The molecule has 1 aromatic carbocycles. The van der Waals surface area contributed by atoms with Crippen LogP contribution in [0.4, 0.5) is 5.95 Å². The van der Waals surface area contributed by atoms with Crippen LogP contribution in [-0.4, -0.2) is 60.6 Å². The van der Waals surface area contributed by atoms with Gasteiger partial charge in [0.05, 0.1) is 35.1 Å². The molecule has 0 spiro atoms. The van der Waals surface area contributed by atoms with Crippen molar-refractivity contribution in [3.8, 4) is 17.1 Å². The fourth-order valence-electron chi connectivity index (χ4n) is 5.65. The van der Waals surface area contributed by atoms with Crippen LogP contribution >= 0.6 is 0 Å². The molecule has 40 heavy (non-hydrogen) atoms. The average Bonchev–Trinajstić information content (AvgIpc) is 3.46. The summed E-state index contributed by atoms with van der Waals surface area (Å²) in [6.45, 7) is 7.75. The summed E-state index contributed by atoms with van der Waals surface area (Å²) < 4.78 is 10.0. The van der Waals surface area contributed by atoms with E-state index in [2.05, 4.69) is 43.9 Å². The second-order valence-corrected chi connectivity index (χ2v) is 11.1. The second kappa shape index (κ2) is 10.8. The number of likely N-dealkylation sites (tertiary alicyclic amines) is 1. The Hall–Kier alpha value is -4.05. The number of hydrogen-bond donors (Lipinski definition) is 1. The number of pyridine rings is 1. The lowest BCUT2D eigenvalue weighted by Crippen LogP contribution is -2.33. The van der Waals surface area contributed by atoms with E-state index in [1.165, 1.54) is 5.56 Å². The Morgan fingerprint density at radius 1 is 1.10 bits per heavy atom. The lowest BCUT2D eigenvalue weighted by atomic mass is 10.1. The molecular formula is C30H35N7O3. The van der Waals surface area contributed by atoms with E-state index in [4.69, 9.17) is 9.72 Å². The standard InChI is InChI=1S/C30H35N7O3/c1-19-5-4-12-40-29-24(16-31-35(29)3)26-15-22(13-20(2)32-26)28(39)34-30-33-25-7-6-21(14-27(25)37(30)17-19)18-36-10-8-23(38)9-11-36/h6-7,13-16,19H,4-5,8-12,17-18H2,1-3H3,(H,33,34,39)/t19-/m1/s1. The van der Waals surface area contributed by atoms with Crippen LogP contribution in [0.15, 0.2) is 36.5 Å². The molecule has 0 saturated carbocycles. The fourth-order valence-corrected chi connectivity index (χ4v) is 5.65. The summed E-state index contributed by atoms with van der Waals surface area (Å²) in [4.78, 5) is 37.1. The van der Waals surface area contributed by atoms with Gasteiger partial charge in [0, 0.05) is 57.3 Å². The third-order valence-corrected chi connectivity index (χ3v) is 7.81. The van der Waals surface area contributed by atoms with Crippen LogP contribution in [0.3, 0.4) is 0 Å². The number of nitrogens with one attached hydrogen (secondary N) is 1. The number of ether oxygens (including phenoxy) is 1. The van der Waals surface area contributed by atoms with Gasteiger partial charge in [-0.25, -0.2) is 9.67 Å². The van der Waals surface area contributed by atoms with Gasteiger partial charge < -0.3 is 9.30 Å². The molecule has 0 radical (unpaired) electrons. The Balaban J connectivity index is 1.37. The first-order valence-corrected chi connectivity index (χ1v) is 14.0. The van der Waals surface area contributed by atoms with Crippen molar-refractivity contribution in [1.82, 2.24) is 29.2 Å². The molecule has 0 aliphatic carbocycles. The van der Waals surface area contributed by atoms with Crippen molar-refractivity contribution in [2.45, 2.75) is 52.6 Å². The molecule has 10 heteroatoms. The molecule has 2 aliphatic rings. The number of carbonyl (C=O) groups is 2. The normalized spacial score (nSPS) is 18.8. The van der Waals surface area contributed by atoms with Crippen LogP contribution in [0.2, 0.25) is 0 Å². The van der Waals surface area contributed by atoms with E-state index in [0.29, 0.717) is 60.8 Å². The highest BCUT2D eigenvalue weighted by atomic mass is 16.5. The van der Waals surface area contributed by atoms with Gasteiger partial charge in [0.15, 0.2) is 0 Å². The number of piperidine rings is 1. The zero-order chi connectivity index (χ0) is 27.8. The predicted molar refractivity (Wildman–Crippen MR) is 152 cm³/mol. The van der Waals surface area contributed by atoms with Crippen LogP contribution in [0.5, 0.6) is 5.88 Å². The molecule has 208 valence electrons. The first-order chi connectivity index (χ1) is 19.3. The minimum absolute atomic E-state index is 0.240. The molecule has 2 aliphatic heterocycles. The molecule has 1 fully saturated rings. The number of carbonyl (C=O) groups excluding carboxylic acids is 2. The molecule has 1 N–H and O–H groups in total. The number of aromatic nitrogens is 5. The summed E-state index contributed by atoms with van der Waals surface area (Å²) >= 11 is 0. The number of hydrogen-bond acceptors (Lipinski definition) is 7. The van der Waals surface area contributed by atoms with Gasteiger partial charge in [-0.05, 0) is 55.5 Å². The summed E-state index contributed by atoms with van der Waals surface area (Å²) in [7, 11) is 1.85. The monoisotopic (exact) mass is 541 g/mol. The minimum Gasteiger partial charge on any atom is -0.477 e. The van der Waals surface area contributed by atoms with E-state index in [0.717, 1.165) is 54.8 Å². The fraction of sp³-hybridized carbons (Fsp3) is 0.433. The third-order valence-electron chi connectivity index (χ3n) is 7.81. The molecule has 10 nitrogen and oxygen atoms in total. The van der Waals surface area contributed by atoms with Crippen LogP contribution in [0.25, 0.3) is 22.3 Å². The summed E-state index contributed by atoms with van der Waals surface area (Å²) in [6, 6.07) is 9.87. The second-order valence-electron chi connectivity index (χ2n) is 11.1. The zero-order valence-corrected chi connectivity index (χ0v) is 23.3. The van der Waals surface area contributed by atoms with Crippen molar-refractivity contribution in [3.63, 3.8) is 0 Å². The number of imidazole rings is 1. The highest BCUT2D eigenvalue weighted by Crippen LogP contribution is 2.31. The molecule has 5 heterocycles. The van der Waals surface area contributed by atoms with Gasteiger partial charge in [-0.15, -0.1) is 0 Å². The van der Waals surface area contributed by atoms with E-state index < -0.39 is 0 Å². The van der Waals surface area contributed by atoms with Crippen molar-refractivity contribution in [2.24, 2.45) is 13.0 Å². The number of nitrogens with zero attached hydrogens (tertiary/aromatic N) is 6. The Bertz CT molecular complexity index is 1580. The number of benzene rings is 1. The van der Waals surface area contributed by atoms with Crippen LogP contribution in [0.1, 0.15) is 54.2 Å². The van der Waals surface area contributed by atoms with E-state index in [1.807, 2.05) is 20.0 Å². The van der Waals surface area contributed by atoms with Gasteiger partial charge in [-0.1, -0.05) is 13.0 Å². The highest BCUT2D eigenvalue weighted by molar-refractivity contribution is 6.04. The van der Waals surface area contributed by atoms with Crippen molar-refractivity contribution in [3.05, 3.63) is 53.3 Å². The number of aryl methyl sites for hydroxylation is 2.